The van der Waals surface area contributed by atoms with Crippen LogP contribution in [0.4, 0.5) is 11.4 Å². The van der Waals surface area contributed by atoms with E-state index in [1.165, 1.54) is 13.8 Å². The van der Waals surface area contributed by atoms with Gasteiger partial charge in [0.25, 0.3) is 11.4 Å². The summed E-state index contributed by atoms with van der Waals surface area (Å²) in [5.41, 5.74) is -1.13. The number of hydrogen-bond donors (Lipinski definition) is 1. The molecule has 8 nitrogen and oxygen atoms in total. The van der Waals surface area contributed by atoms with Crippen LogP contribution in [0.25, 0.3) is 0 Å². The predicted octanol–water partition coefficient (Wildman–Crippen LogP) is 1.76. The molecule has 1 N–H and O–H groups in total. The highest BCUT2D eigenvalue weighted by atomic mass is 16.6. The second-order valence-corrected chi connectivity index (χ2v) is 4.10. The summed E-state index contributed by atoms with van der Waals surface area (Å²) < 4.78 is 0. The third kappa shape index (κ3) is 3.10. The van der Waals surface area contributed by atoms with Gasteiger partial charge in [0.05, 0.1) is 27.6 Å². The summed E-state index contributed by atoms with van der Waals surface area (Å²) in [5, 5.41) is 31.4. The van der Waals surface area contributed by atoms with Crippen LogP contribution in [-0.4, -0.2) is 20.7 Å². The average Bonchev–Trinajstić information content (AvgIpc) is 2.35. The molecule has 0 fully saturated rings. The van der Waals surface area contributed by atoms with E-state index in [1.54, 1.807) is 0 Å². The third-order valence-electron chi connectivity index (χ3n) is 2.86. The number of carbonyl (C=O) groups excluding carboxylic acids is 1. The van der Waals surface area contributed by atoms with Crippen LogP contribution in [0.1, 0.15) is 25.5 Å². The van der Waals surface area contributed by atoms with Gasteiger partial charge >= 0.3 is 0 Å². The molecule has 1 aromatic rings. The molecule has 0 aromatic heterocycles. The first-order chi connectivity index (χ1) is 8.75. The van der Waals surface area contributed by atoms with Gasteiger partial charge in [-0.2, -0.15) is 0 Å². The fraction of sp³-hybridized carbons (Fsp3) is 0.364. The molecule has 0 aliphatic carbocycles. The lowest BCUT2D eigenvalue weighted by Gasteiger charge is -2.16. The van der Waals surface area contributed by atoms with E-state index in [1.807, 2.05) is 0 Å². The number of Topliss-reactive ketones (excluding diaryl/α,β-unsaturated/α-hetero) is 1. The molecule has 102 valence electrons. The van der Waals surface area contributed by atoms with Crippen LogP contribution >= 0.6 is 0 Å². The van der Waals surface area contributed by atoms with E-state index in [0.717, 1.165) is 18.2 Å². The molecule has 0 unspecified atom stereocenters. The Morgan fingerprint density at radius 2 is 1.84 bits per heavy atom. The fourth-order valence-electron chi connectivity index (χ4n) is 1.55. The van der Waals surface area contributed by atoms with Gasteiger partial charge in [-0.25, -0.2) is 0 Å². The monoisotopic (exact) mass is 268 g/mol. The highest BCUT2D eigenvalue weighted by molar-refractivity contribution is 5.79. The van der Waals surface area contributed by atoms with E-state index in [9.17, 15) is 30.1 Å². The molecule has 0 aliphatic heterocycles. The minimum atomic E-state index is -1.38. The Balaban J connectivity index is 3.31. The molecule has 0 heterocycles. The van der Waals surface area contributed by atoms with Crippen LogP contribution in [0.2, 0.25) is 0 Å². The van der Waals surface area contributed by atoms with Crippen molar-refractivity contribution in [3.8, 4) is 0 Å². The summed E-state index contributed by atoms with van der Waals surface area (Å²) >= 11 is 0. The van der Waals surface area contributed by atoms with Gasteiger partial charge in [-0.3, -0.25) is 25.0 Å². The standard InChI is InChI=1S/C11H12N2O6/c1-6(7(2)14)11(15)9-4-3-8(12(16)17)5-10(9)13(18)19/h3-6,11,15H,1-2H3/t6-,11-/m1/s1. The predicted molar refractivity (Wildman–Crippen MR) is 64.6 cm³/mol. The molecule has 0 bridgehead atoms. The molecular weight excluding hydrogens is 256 g/mol. The molecule has 8 heteroatoms. The van der Waals surface area contributed by atoms with Gasteiger partial charge in [0.1, 0.15) is 5.78 Å². The van der Waals surface area contributed by atoms with Crippen LogP contribution in [0.3, 0.4) is 0 Å². The van der Waals surface area contributed by atoms with Gasteiger partial charge in [0, 0.05) is 12.0 Å². The highest BCUT2D eigenvalue weighted by Crippen LogP contribution is 2.33. The summed E-state index contributed by atoms with van der Waals surface area (Å²) in [4.78, 5) is 31.0. The van der Waals surface area contributed by atoms with Crippen molar-refractivity contribution >= 4 is 17.2 Å². The maximum absolute atomic E-state index is 11.2. The van der Waals surface area contributed by atoms with Gasteiger partial charge < -0.3 is 5.11 Å². The lowest BCUT2D eigenvalue weighted by atomic mass is 9.93. The van der Waals surface area contributed by atoms with Crippen LogP contribution in [0.15, 0.2) is 18.2 Å². The quantitative estimate of drug-likeness (QED) is 0.640. The molecule has 1 aromatic carbocycles. The summed E-state index contributed by atoms with van der Waals surface area (Å²) in [5.74, 6) is -1.17. The van der Waals surface area contributed by atoms with E-state index in [4.69, 9.17) is 0 Å². The maximum atomic E-state index is 11.2. The maximum Gasteiger partial charge on any atom is 0.282 e. The van der Waals surface area contributed by atoms with Crippen molar-refractivity contribution in [3.05, 3.63) is 44.0 Å². The number of benzene rings is 1. The molecule has 0 amide bonds. The number of aliphatic hydroxyl groups excluding tert-OH is 1. The molecular formula is C11H12N2O6. The summed E-state index contributed by atoms with van der Waals surface area (Å²) in [6, 6.07) is 2.92. The van der Waals surface area contributed by atoms with E-state index >= 15 is 0 Å². The van der Waals surface area contributed by atoms with Gasteiger partial charge in [0.2, 0.25) is 0 Å². The molecule has 0 spiro atoms. The largest absolute Gasteiger partial charge is 0.387 e. The normalized spacial score (nSPS) is 13.6. The SMILES string of the molecule is CC(=O)[C@@H](C)[C@@H](O)c1ccc([N+](=O)[O-])cc1[N+](=O)[O-]. The topological polar surface area (TPSA) is 124 Å². The minimum absolute atomic E-state index is 0.113. The van der Waals surface area contributed by atoms with Gasteiger partial charge in [0.15, 0.2) is 0 Å². The van der Waals surface area contributed by atoms with Crippen LogP contribution in [0.5, 0.6) is 0 Å². The van der Waals surface area contributed by atoms with Gasteiger partial charge in [-0.05, 0) is 13.0 Å². The Bertz CT molecular complexity index is 542. The fourth-order valence-corrected chi connectivity index (χ4v) is 1.55. The van der Waals surface area contributed by atoms with Crippen LogP contribution in [0, 0.1) is 26.1 Å². The Kier molecular flexibility index (Phi) is 4.28. The first kappa shape index (κ1) is 14.7. The zero-order chi connectivity index (χ0) is 14.7. The molecule has 0 aliphatic rings. The number of nitro groups is 2. The zero-order valence-corrected chi connectivity index (χ0v) is 10.3. The van der Waals surface area contributed by atoms with E-state index in [0.29, 0.717) is 0 Å². The van der Waals surface area contributed by atoms with Gasteiger partial charge in [-0.1, -0.05) is 6.92 Å². The smallest absolute Gasteiger partial charge is 0.282 e. The molecule has 2 atom stereocenters. The second-order valence-electron chi connectivity index (χ2n) is 4.10. The lowest BCUT2D eigenvalue weighted by Crippen LogP contribution is -2.17. The molecule has 0 saturated carbocycles. The van der Waals surface area contributed by atoms with E-state index in [-0.39, 0.29) is 11.3 Å². The Morgan fingerprint density at radius 3 is 2.26 bits per heavy atom. The minimum Gasteiger partial charge on any atom is -0.387 e. The van der Waals surface area contributed by atoms with Crippen LogP contribution < -0.4 is 0 Å². The number of rotatable bonds is 5. The van der Waals surface area contributed by atoms with Crippen molar-refractivity contribution in [2.24, 2.45) is 5.92 Å². The molecule has 1 rings (SSSR count). The van der Waals surface area contributed by atoms with Gasteiger partial charge in [-0.15, -0.1) is 0 Å². The second kappa shape index (κ2) is 5.53. The molecule has 0 radical (unpaired) electrons. The third-order valence-corrected chi connectivity index (χ3v) is 2.86. The zero-order valence-electron chi connectivity index (χ0n) is 10.3. The average molecular weight is 268 g/mol. The van der Waals surface area contributed by atoms with Crippen LogP contribution in [-0.2, 0) is 4.79 Å². The summed E-state index contributed by atoms with van der Waals surface area (Å²) in [7, 11) is 0. The number of ketones is 1. The highest BCUT2D eigenvalue weighted by Gasteiger charge is 2.29. The van der Waals surface area contributed by atoms with Crippen molar-refractivity contribution in [2.45, 2.75) is 20.0 Å². The van der Waals surface area contributed by atoms with Crippen molar-refractivity contribution in [2.75, 3.05) is 0 Å². The first-order valence-electron chi connectivity index (χ1n) is 5.37. The van der Waals surface area contributed by atoms with Crippen molar-refractivity contribution in [1.29, 1.82) is 0 Å². The number of carbonyl (C=O) groups is 1. The number of aliphatic hydroxyl groups is 1. The lowest BCUT2D eigenvalue weighted by molar-refractivity contribution is -0.395. The Hall–Kier alpha value is -2.35. The number of hydrogen-bond acceptors (Lipinski definition) is 6. The van der Waals surface area contributed by atoms with E-state index in [2.05, 4.69) is 0 Å². The van der Waals surface area contributed by atoms with Crippen molar-refractivity contribution in [3.63, 3.8) is 0 Å². The number of non-ortho nitro benzene ring substituents is 1. The number of nitrogens with zero attached hydrogens (tertiary/aromatic N) is 2. The number of nitro benzene ring substituents is 2. The molecule has 19 heavy (non-hydrogen) atoms. The molecule has 0 saturated heterocycles. The first-order valence-corrected chi connectivity index (χ1v) is 5.37. The van der Waals surface area contributed by atoms with E-state index < -0.39 is 33.2 Å². The summed E-state index contributed by atoms with van der Waals surface area (Å²) in [6.07, 6.45) is -1.38. The van der Waals surface area contributed by atoms with Crippen molar-refractivity contribution in [1.82, 2.24) is 0 Å². The summed E-state index contributed by atoms with van der Waals surface area (Å²) in [6.45, 7) is 2.68. The van der Waals surface area contributed by atoms with Crippen molar-refractivity contribution < 1.29 is 19.7 Å². The Labute approximate surface area is 108 Å². The Morgan fingerprint density at radius 1 is 1.26 bits per heavy atom.